The molecule has 0 bridgehead atoms. The number of H-pyrrole nitrogens is 1. The second-order valence-electron chi connectivity index (χ2n) is 10.8. The first-order valence-corrected chi connectivity index (χ1v) is 12.0. The zero-order valence-electron chi connectivity index (χ0n) is 20.2. The van der Waals surface area contributed by atoms with Crippen LogP contribution in [0.4, 0.5) is 22.0 Å². The number of aromatic amines is 1. The molecule has 0 aromatic carbocycles. The van der Waals surface area contributed by atoms with Crippen molar-refractivity contribution in [3.8, 4) is 0 Å². The van der Waals surface area contributed by atoms with Crippen molar-refractivity contribution in [2.24, 2.45) is 11.3 Å². The lowest BCUT2D eigenvalue weighted by Gasteiger charge is -2.34. The molecule has 1 aromatic rings. The van der Waals surface area contributed by atoms with Crippen LogP contribution in [0.1, 0.15) is 61.8 Å². The Morgan fingerprint density at radius 1 is 1.11 bits per heavy atom. The molecular weight excluding hydrogens is 467 g/mol. The first-order chi connectivity index (χ1) is 16.3. The molecule has 1 N–H and O–H groups in total. The zero-order chi connectivity index (χ0) is 25.5. The van der Waals surface area contributed by atoms with E-state index in [4.69, 9.17) is 0 Å². The van der Waals surface area contributed by atoms with E-state index in [-0.39, 0.29) is 49.2 Å². The summed E-state index contributed by atoms with van der Waals surface area (Å²) < 4.78 is 68.8. The molecule has 1 aliphatic carbocycles. The maximum atomic E-state index is 14.3. The number of alkyl halides is 3. The van der Waals surface area contributed by atoms with Crippen LogP contribution in [-0.2, 0) is 13.0 Å². The van der Waals surface area contributed by atoms with E-state index in [1.54, 1.807) is 4.90 Å². The van der Waals surface area contributed by atoms with Crippen molar-refractivity contribution in [1.29, 1.82) is 0 Å². The molecule has 2 aliphatic heterocycles. The Morgan fingerprint density at radius 2 is 1.80 bits per heavy atom. The van der Waals surface area contributed by atoms with E-state index >= 15 is 0 Å². The Kier molecular flexibility index (Phi) is 6.96. The SMILES string of the molecule is CC(C)(C)CN1CCc2c(C(=O)N3CCC(C4=CCC=C(F)C(F)=C4C(F)(F)F)CC3)n[nH]c2C1. The number of carbonyl (C=O) groups excluding carboxylic acids is 1. The molecule has 1 saturated heterocycles. The number of hydrogen-bond donors (Lipinski definition) is 1. The fraction of sp³-hybridized carbons (Fsp3) is 0.600. The van der Waals surface area contributed by atoms with Crippen LogP contribution >= 0.6 is 0 Å². The molecule has 5 nitrogen and oxygen atoms in total. The van der Waals surface area contributed by atoms with Gasteiger partial charge >= 0.3 is 6.18 Å². The van der Waals surface area contributed by atoms with Crippen molar-refractivity contribution in [3.05, 3.63) is 51.9 Å². The van der Waals surface area contributed by atoms with Crippen molar-refractivity contribution >= 4 is 5.91 Å². The number of nitrogens with one attached hydrogen (secondary N) is 1. The minimum absolute atomic E-state index is 0.112. The number of rotatable bonds is 3. The van der Waals surface area contributed by atoms with Crippen molar-refractivity contribution in [1.82, 2.24) is 20.0 Å². The molecule has 1 amide bonds. The number of allylic oxidation sites excluding steroid dienone is 6. The second-order valence-corrected chi connectivity index (χ2v) is 10.8. The predicted molar refractivity (Wildman–Crippen MR) is 122 cm³/mol. The molecule has 3 heterocycles. The zero-order valence-corrected chi connectivity index (χ0v) is 20.2. The first-order valence-electron chi connectivity index (χ1n) is 12.0. The summed E-state index contributed by atoms with van der Waals surface area (Å²) in [5, 5.41) is 7.28. The van der Waals surface area contributed by atoms with Gasteiger partial charge in [0.05, 0.1) is 11.3 Å². The van der Waals surface area contributed by atoms with Gasteiger partial charge in [-0.25, -0.2) is 8.78 Å². The standard InChI is InChI=1S/C25H31F5N4O/c1-24(2,3)14-33-10-9-17-19(13-33)31-32-22(17)23(35)34-11-7-15(8-12-34)16-5-4-6-18(26)21(27)20(16)25(28,29)30/h5-6,15H,4,7-14H2,1-3H3,(H,31,32). The normalized spacial score (nSPS) is 21.0. The van der Waals surface area contributed by atoms with Crippen molar-refractivity contribution < 1.29 is 26.7 Å². The van der Waals surface area contributed by atoms with E-state index in [9.17, 15) is 26.7 Å². The summed E-state index contributed by atoms with van der Waals surface area (Å²) in [6, 6.07) is 0. The quantitative estimate of drug-likeness (QED) is 0.549. The van der Waals surface area contributed by atoms with Crippen LogP contribution in [0.5, 0.6) is 0 Å². The molecule has 3 aliphatic rings. The molecule has 192 valence electrons. The predicted octanol–water partition coefficient (Wildman–Crippen LogP) is 5.64. The summed E-state index contributed by atoms with van der Waals surface area (Å²) in [6.07, 6.45) is -1.88. The number of halogens is 5. The summed E-state index contributed by atoms with van der Waals surface area (Å²) in [4.78, 5) is 17.1. The van der Waals surface area contributed by atoms with E-state index in [0.29, 0.717) is 18.7 Å². The minimum Gasteiger partial charge on any atom is -0.337 e. The molecule has 0 radical (unpaired) electrons. The third kappa shape index (κ3) is 5.52. The Labute approximate surface area is 201 Å². The van der Waals surface area contributed by atoms with Gasteiger partial charge < -0.3 is 4.90 Å². The second kappa shape index (κ2) is 9.52. The van der Waals surface area contributed by atoms with Crippen LogP contribution in [0.3, 0.4) is 0 Å². The van der Waals surface area contributed by atoms with Gasteiger partial charge in [-0.05, 0) is 48.7 Å². The fourth-order valence-electron chi connectivity index (χ4n) is 5.29. The van der Waals surface area contributed by atoms with Crippen LogP contribution in [0.25, 0.3) is 0 Å². The number of carbonyl (C=O) groups is 1. The van der Waals surface area contributed by atoms with Gasteiger partial charge in [-0.15, -0.1) is 0 Å². The number of piperidine rings is 1. The maximum Gasteiger partial charge on any atom is 0.419 e. The van der Waals surface area contributed by atoms with E-state index in [2.05, 4.69) is 35.9 Å². The molecule has 1 fully saturated rings. The summed E-state index contributed by atoms with van der Waals surface area (Å²) in [6.45, 7) is 9.40. The lowest BCUT2D eigenvalue weighted by Crippen LogP contribution is -2.40. The van der Waals surface area contributed by atoms with E-state index in [1.807, 2.05) is 0 Å². The number of hydrogen-bond acceptors (Lipinski definition) is 3. The molecule has 35 heavy (non-hydrogen) atoms. The third-order valence-electron chi connectivity index (χ3n) is 6.77. The van der Waals surface area contributed by atoms with Gasteiger partial charge in [-0.3, -0.25) is 14.8 Å². The molecule has 4 rings (SSSR count). The lowest BCUT2D eigenvalue weighted by atomic mass is 9.83. The molecule has 10 heteroatoms. The highest BCUT2D eigenvalue weighted by molar-refractivity contribution is 5.94. The number of likely N-dealkylation sites (tertiary alicyclic amines) is 1. The largest absolute Gasteiger partial charge is 0.419 e. The summed E-state index contributed by atoms with van der Waals surface area (Å²) >= 11 is 0. The number of fused-ring (bicyclic) bond motifs is 1. The molecule has 0 saturated carbocycles. The minimum atomic E-state index is -5.01. The van der Waals surface area contributed by atoms with Crippen LogP contribution < -0.4 is 0 Å². The molecular formula is C25H31F5N4O. The molecule has 0 unspecified atom stereocenters. The monoisotopic (exact) mass is 498 g/mol. The number of amides is 1. The van der Waals surface area contributed by atoms with E-state index in [0.717, 1.165) is 30.4 Å². The van der Waals surface area contributed by atoms with Crippen molar-refractivity contribution in [2.75, 3.05) is 26.2 Å². The molecule has 0 atom stereocenters. The van der Waals surface area contributed by atoms with E-state index in [1.165, 1.54) is 6.08 Å². The Balaban J connectivity index is 1.44. The molecule has 1 aromatic heterocycles. The highest BCUT2D eigenvalue weighted by atomic mass is 19.4. The van der Waals surface area contributed by atoms with Gasteiger partial charge in [0.2, 0.25) is 0 Å². The van der Waals surface area contributed by atoms with E-state index < -0.39 is 29.3 Å². The third-order valence-corrected chi connectivity index (χ3v) is 6.77. The van der Waals surface area contributed by atoms with Crippen molar-refractivity contribution in [2.45, 2.75) is 59.2 Å². The fourth-order valence-corrected chi connectivity index (χ4v) is 5.29. The van der Waals surface area contributed by atoms with Gasteiger partial charge in [0.15, 0.2) is 17.3 Å². The van der Waals surface area contributed by atoms with Crippen molar-refractivity contribution in [3.63, 3.8) is 0 Å². The topological polar surface area (TPSA) is 52.2 Å². The molecule has 0 spiro atoms. The maximum absolute atomic E-state index is 14.3. The highest BCUT2D eigenvalue weighted by Crippen LogP contribution is 2.44. The Hall–Kier alpha value is -2.49. The van der Waals surface area contributed by atoms with Crippen LogP contribution in [0, 0.1) is 11.3 Å². The van der Waals surface area contributed by atoms with Gasteiger partial charge in [0, 0.05) is 38.3 Å². The summed E-state index contributed by atoms with van der Waals surface area (Å²) in [5.74, 6) is -4.20. The first kappa shape index (κ1) is 25.6. The van der Waals surface area contributed by atoms with Crippen LogP contribution in [-0.4, -0.2) is 58.3 Å². The van der Waals surface area contributed by atoms with Gasteiger partial charge in [0.25, 0.3) is 5.91 Å². The summed E-state index contributed by atoms with van der Waals surface area (Å²) in [7, 11) is 0. The smallest absolute Gasteiger partial charge is 0.337 e. The van der Waals surface area contributed by atoms with Crippen LogP contribution in [0.2, 0.25) is 0 Å². The van der Waals surface area contributed by atoms with Gasteiger partial charge in [-0.2, -0.15) is 18.3 Å². The number of aromatic nitrogens is 2. The average Bonchev–Trinajstić information content (AvgIpc) is 3.11. The average molecular weight is 499 g/mol. The summed E-state index contributed by atoms with van der Waals surface area (Å²) in [5.41, 5.74) is 0.596. The van der Waals surface area contributed by atoms with Gasteiger partial charge in [-0.1, -0.05) is 26.8 Å². The van der Waals surface area contributed by atoms with Crippen LogP contribution in [0.15, 0.2) is 35.0 Å². The number of nitrogens with zero attached hydrogens (tertiary/aromatic N) is 3. The Morgan fingerprint density at radius 3 is 2.43 bits per heavy atom. The Bertz CT molecular complexity index is 1070. The lowest BCUT2D eigenvalue weighted by molar-refractivity contribution is -0.0922. The highest BCUT2D eigenvalue weighted by Gasteiger charge is 2.43. The van der Waals surface area contributed by atoms with Gasteiger partial charge in [0.1, 0.15) is 0 Å².